The number of nitrogens with zero attached hydrogens (tertiary/aromatic N) is 2. The summed E-state index contributed by atoms with van der Waals surface area (Å²) in [7, 11) is -3.71. The number of benzene rings is 2. The van der Waals surface area contributed by atoms with Crippen LogP contribution in [-0.4, -0.2) is 56.3 Å². The average Bonchev–Trinajstić information content (AvgIpc) is 2.68. The first-order chi connectivity index (χ1) is 13.3. The molecule has 2 aromatic carbocycles. The van der Waals surface area contributed by atoms with Crippen molar-refractivity contribution in [3.05, 3.63) is 58.6 Å². The maximum Gasteiger partial charge on any atom is 0.387 e. The van der Waals surface area contributed by atoms with Crippen LogP contribution >= 0.6 is 15.9 Å². The number of alkyl halides is 2. The fraction of sp³-hybridized carbons (Fsp3) is 0.278. The molecule has 1 amide bonds. The Hall–Kier alpha value is -2.04. The van der Waals surface area contributed by atoms with E-state index in [1.54, 1.807) is 24.3 Å². The zero-order valence-corrected chi connectivity index (χ0v) is 17.0. The fourth-order valence-electron chi connectivity index (χ4n) is 2.94. The molecule has 1 heterocycles. The Morgan fingerprint density at radius 3 is 2.25 bits per heavy atom. The minimum atomic E-state index is -3.71. The summed E-state index contributed by atoms with van der Waals surface area (Å²) in [6.07, 6.45) is 0. The molecule has 0 bridgehead atoms. The summed E-state index contributed by atoms with van der Waals surface area (Å²) in [5.41, 5.74) is 0.0184. The van der Waals surface area contributed by atoms with Gasteiger partial charge in [-0.05, 0) is 40.2 Å². The zero-order valence-electron chi connectivity index (χ0n) is 14.6. The molecule has 10 heteroatoms. The maximum absolute atomic E-state index is 12.8. The van der Waals surface area contributed by atoms with Crippen LogP contribution < -0.4 is 4.74 Å². The highest BCUT2D eigenvalue weighted by molar-refractivity contribution is 9.10. The van der Waals surface area contributed by atoms with Crippen molar-refractivity contribution in [3.8, 4) is 5.75 Å². The van der Waals surface area contributed by atoms with Crippen molar-refractivity contribution in [2.75, 3.05) is 26.2 Å². The van der Waals surface area contributed by atoms with Crippen LogP contribution in [0, 0.1) is 0 Å². The first-order valence-electron chi connectivity index (χ1n) is 8.38. The Morgan fingerprint density at radius 1 is 1.00 bits per heavy atom. The van der Waals surface area contributed by atoms with Gasteiger partial charge in [-0.2, -0.15) is 13.1 Å². The minimum absolute atomic E-state index is 0.0184. The van der Waals surface area contributed by atoms with E-state index in [0.29, 0.717) is 4.47 Å². The highest BCUT2D eigenvalue weighted by atomic mass is 79.9. The molecule has 2 aromatic rings. The van der Waals surface area contributed by atoms with Gasteiger partial charge in [-0.15, -0.1) is 0 Å². The van der Waals surface area contributed by atoms with Gasteiger partial charge in [0.2, 0.25) is 10.0 Å². The van der Waals surface area contributed by atoms with Crippen LogP contribution in [0.25, 0.3) is 0 Å². The summed E-state index contributed by atoms with van der Waals surface area (Å²) in [5.74, 6) is -0.681. The lowest BCUT2D eigenvalue weighted by Crippen LogP contribution is -2.50. The molecule has 1 fully saturated rings. The third-order valence-electron chi connectivity index (χ3n) is 4.31. The molecule has 0 atom stereocenters. The van der Waals surface area contributed by atoms with Crippen molar-refractivity contribution in [2.24, 2.45) is 0 Å². The molecule has 0 spiro atoms. The topological polar surface area (TPSA) is 66.9 Å². The standard InChI is InChI=1S/C18H17BrF2N2O4S/c19-14-6-2-4-8-16(14)28(25,26)23-11-9-22(10-12-23)17(24)13-5-1-3-7-15(13)27-18(20)21/h1-8,18H,9-12H2. The van der Waals surface area contributed by atoms with Crippen molar-refractivity contribution in [2.45, 2.75) is 11.5 Å². The maximum atomic E-state index is 12.8. The van der Waals surface area contributed by atoms with Crippen LogP contribution in [0.4, 0.5) is 8.78 Å². The molecule has 0 unspecified atom stereocenters. The monoisotopic (exact) mass is 474 g/mol. The number of hydrogen-bond donors (Lipinski definition) is 0. The quantitative estimate of drug-likeness (QED) is 0.667. The van der Waals surface area contributed by atoms with E-state index in [2.05, 4.69) is 20.7 Å². The van der Waals surface area contributed by atoms with Gasteiger partial charge in [-0.25, -0.2) is 8.42 Å². The molecule has 0 N–H and O–H groups in total. The number of piperazine rings is 1. The van der Waals surface area contributed by atoms with Gasteiger partial charge in [-0.3, -0.25) is 4.79 Å². The molecule has 0 radical (unpaired) electrons. The van der Waals surface area contributed by atoms with Crippen molar-refractivity contribution in [3.63, 3.8) is 0 Å². The van der Waals surface area contributed by atoms with Gasteiger partial charge < -0.3 is 9.64 Å². The molecule has 6 nitrogen and oxygen atoms in total. The van der Waals surface area contributed by atoms with Crippen LogP contribution in [-0.2, 0) is 10.0 Å². The van der Waals surface area contributed by atoms with Gasteiger partial charge >= 0.3 is 6.61 Å². The largest absolute Gasteiger partial charge is 0.434 e. The molecule has 1 saturated heterocycles. The third-order valence-corrected chi connectivity index (χ3v) is 7.22. The second kappa shape index (κ2) is 8.54. The van der Waals surface area contributed by atoms with E-state index in [4.69, 9.17) is 0 Å². The van der Waals surface area contributed by atoms with E-state index >= 15 is 0 Å². The van der Waals surface area contributed by atoms with E-state index in [-0.39, 0.29) is 42.4 Å². The number of rotatable bonds is 5. The van der Waals surface area contributed by atoms with E-state index in [0.717, 1.165) is 0 Å². The Morgan fingerprint density at radius 2 is 1.61 bits per heavy atom. The van der Waals surface area contributed by atoms with Gasteiger partial charge in [0.1, 0.15) is 5.75 Å². The second-order valence-electron chi connectivity index (χ2n) is 6.00. The number of amides is 1. The fourth-order valence-corrected chi connectivity index (χ4v) is 5.32. The predicted octanol–water partition coefficient (Wildman–Crippen LogP) is 3.20. The van der Waals surface area contributed by atoms with Gasteiger partial charge in [0.25, 0.3) is 5.91 Å². The minimum Gasteiger partial charge on any atom is -0.434 e. The van der Waals surface area contributed by atoms with Crippen LogP contribution in [0.3, 0.4) is 0 Å². The molecule has 1 aliphatic rings. The lowest BCUT2D eigenvalue weighted by Gasteiger charge is -2.34. The van der Waals surface area contributed by atoms with Gasteiger partial charge in [0.15, 0.2) is 0 Å². The van der Waals surface area contributed by atoms with E-state index in [9.17, 15) is 22.0 Å². The Balaban J connectivity index is 1.72. The highest BCUT2D eigenvalue weighted by Crippen LogP contribution is 2.27. The van der Waals surface area contributed by atoms with E-state index in [1.807, 2.05) is 0 Å². The molecule has 150 valence electrons. The summed E-state index contributed by atoms with van der Waals surface area (Å²) in [6, 6.07) is 12.3. The molecular formula is C18H17BrF2N2O4S. The van der Waals surface area contributed by atoms with Gasteiger partial charge in [0, 0.05) is 30.7 Å². The van der Waals surface area contributed by atoms with Crippen molar-refractivity contribution in [1.29, 1.82) is 0 Å². The molecule has 0 saturated carbocycles. The summed E-state index contributed by atoms with van der Waals surface area (Å²) >= 11 is 3.25. The normalized spacial score (nSPS) is 15.6. The molecule has 1 aliphatic heterocycles. The number of para-hydroxylation sites is 1. The average molecular weight is 475 g/mol. The van der Waals surface area contributed by atoms with Crippen molar-refractivity contribution >= 4 is 31.9 Å². The Labute approximate surface area is 169 Å². The SMILES string of the molecule is O=C(c1ccccc1OC(F)F)N1CCN(S(=O)(=O)c2ccccc2Br)CC1. The molecule has 0 aliphatic carbocycles. The molecule has 28 heavy (non-hydrogen) atoms. The van der Waals surface area contributed by atoms with Crippen molar-refractivity contribution < 1.29 is 26.7 Å². The number of carbonyl (C=O) groups excluding carboxylic acids is 1. The lowest BCUT2D eigenvalue weighted by atomic mass is 10.1. The molecular weight excluding hydrogens is 458 g/mol. The predicted molar refractivity (Wildman–Crippen MR) is 102 cm³/mol. The second-order valence-corrected chi connectivity index (χ2v) is 8.76. The van der Waals surface area contributed by atoms with E-state index in [1.165, 1.54) is 33.5 Å². The van der Waals surface area contributed by atoms with Gasteiger partial charge in [0.05, 0.1) is 10.5 Å². The Bertz CT molecular complexity index is 964. The third kappa shape index (κ3) is 4.34. The summed E-state index contributed by atoms with van der Waals surface area (Å²) in [6.45, 7) is -2.54. The number of halogens is 3. The first-order valence-corrected chi connectivity index (χ1v) is 10.6. The number of carbonyl (C=O) groups is 1. The van der Waals surface area contributed by atoms with Crippen LogP contribution in [0.1, 0.15) is 10.4 Å². The van der Waals surface area contributed by atoms with Crippen LogP contribution in [0.2, 0.25) is 0 Å². The lowest BCUT2D eigenvalue weighted by molar-refractivity contribution is -0.0503. The summed E-state index contributed by atoms with van der Waals surface area (Å²) in [5, 5.41) is 0. The molecule has 3 rings (SSSR count). The molecule has 0 aromatic heterocycles. The summed E-state index contributed by atoms with van der Waals surface area (Å²) in [4.78, 5) is 14.3. The first kappa shape index (κ1) is 20.7. The highest BCUT2D eigenvalue weighted by Gasteiger charge is 2.32. The Kier molecular flexibility index (Phi) is 6.31. The smallest absolute Gasteiger partial charge is 0.387 e. The summed E-state index contributed by atoms with van der Waals surface area (Å²) < 4.78 is 56.9. The zero-order chi connectivity index (χ0) is 20.3. The number of sulfonamides is 1. The van der Waals surface area contributed by atoms with Crippen LogP contribution in [0.15, 0.2) is 57.9 Å². The number of hydrogen-bond acceptors (Lipinski definition) is 4. The van der Waals surface area contributed by atoms with Crippen molar-refractivity contribution in [1.82, 2.24) is 9.21 Å². The van der Waals surface area contributed by atoms with Gasteiger partial charge in [-0.1, -0.05) is 24.3 Å². The van der Waals surface area contributed by atoms with E-state index < -0.39 is 22.5 Å². The number of ether oxygens (including phenoxy) is 1. The van der Waals surface area contributed by atoms with Crippen LogP contribution in [0.5, 0.6) is 5.75 Å².